The quantitative estimate of drug-likeness (QED) is 0.172. The number of aliphatic imine (C=N–C) groups is 1. The molecule has 0 saturated heterocycles. The van der Waals surface area contributed by atoms with Crippen LogP contribution in [0, 0.1) is 6.92 Å². The molecule has 3 rings (SSSR count). The molecule has 27 heavy (non-hydrogen) atoms. The number of rotatable bonds is 7. The molecule has 7 heteroatoms. The van der Waals surface area contributed by atoms with E-state index in [1.54, 1.807) is 7.05 Å². The summed E-state index contributed by atoms with van der Waals surface area (Å²) in [6.07, 6.45) is 0. The van der Waals surface area contributed by atoms with E-state index >= 15 is 0 Å². The molecule has 0 aliphatic carbocycles. The highest BCUT2D eigenvalue weighted by Crippen LogP contribution is 2.16. The summed E-state index contributed by atoms with van der Waals surface area (Å²) in [6, 6.07) is 18.7. The van der Waals surface area contributed by atoms with Crippen LogP contribution in [0.5, 0.6) is 0 Å². The summed E-state index contributed by atoms with van der Waals surface area (Å²) in [5, 5.41) is 6.74. The van der Waals surface area contributed by atoms with Crippen LogP contribution in [0.1, 0.15) is 5.82 Å². The fourth-order valence-electron chi connectivity index (χ4n) is 2.84. The molecule has 3 aromatic rings. The van der Waals surface area contributed by atoms with Crippen molar-refractivity contribution in [1.82, 2.24) is 20.2 Å². The van der Waals surface area contributed by atoms with E-state index in [2.05, 4.69) is 67.6 Å². The van der Waals surface area contributed by atoms with Crippen molar-refractivity contribution >= 4 is 52.7 Å². The van der Waals surface area contributed by atoms with Gasteiger partial charge in [-0.25, -0.2) is 4.98 Å². The molecule has 0 fully saturated rings. The molecular weight excluding hydrogens is 469 g/mol. The van der Waals surface area contributed by atoms with Crippen LogP contribution in [0.4, 0.5) is 0 Å². The van der Waals surface area contributed by atoms with Crippen LogP contribution in [0.15, 0.2) is 64.5 Å². The lowest BCUT2D eigenvalue weighted by Crippen LogP contribution is -2.39. The molecule has 0 radical (unpaired) electrons. The maximum Gasteiger partial charge on any atom is 0.191 e. The van der Waals surface area contributed by atoms with E-state index < -0.39 is 0 Å². The average Bonchev–Trinajstić information content (AvgIpc) is 3.00. The lowest BCUT2D eigenvalue weighted by Gasteiger charge is -2.13. The van der Waals surface area contributed by atoms with E-state index in [0.29, 0.717) is 0 Å². The zero-order valence-corrected chi connectivity index (χ0v) is 18.8. The second-order valence-corrected chi connectivity index (χ2v) is 7.05. The Balaban J connectivity index is 0.00000261. The lowest BCUT2D eigenvalue weighted by atomic mass is 10.3. The van der Waals surface area contributed by atoms with Gasteiger partial charge in [0.2, 0.25) is 0 Å². The van der Waals surface area contributed by atoms with Crippen molar-refractivity contribution in [3.63, 3.8) is 0 Å². The van der Waals surface area contributed by atoms with Crippen LogP contribution >= 0.6 is 35.7 Å². The number of nitrogens with one attached hydrogen (secondary N) is 2. The van der Waals surface area contributed by atoms with Gasteiger partial charge in [0.25, 0.3) is 0 Å². The topological polar surface area (TPSA) is 54.2 Å². The number of fused-ring (bicyclic) bond motifs is 1. The molecule has 0 saturated carbocycles. The van der Waals surface area contributed by atoms with Crippen LogP contribution in [0.3, 0.4) is 0 Å². The Kier molecular flexibility index (Phi) is 8.93. The zero-order valence-electron chi connectivity index (χ0n) is 15.7. The molecule has 1 heterocycles. The second kappa shape index (κ2) is 11.2. The second-order valence-electron chi connectivity index (χ2n) is 5.89. The highest BCUT2D eigenvalue weighted by Gasteiger charge is 2.06. The van der Waals surface area contributed by atoms with Gasteiger partial charge in [0.15, 0.2) is 5.96 Å². The van der Waals surface area contributed by atoms with Gasteiger partial charge in [0.05, 0.1) is 11.0 Å². The SMILES string of the molecule is CN=C(NCCSc1ccccc1)NCCn1c(C)nc2ccccc21.I. The first kappa shape index (κ1) is 21.6. The number of aromatic nitrogens is 2. The summed E-state index contributed by atoms with van der Waals surface area (Å²) in [6.45, 7) is 4.57. The maximum absolute atomic E-state index is 4.61. The number of benzene rings is 2. The maximum atomic E-state index is 4.61. The number of imidazole rings is 1. The monoisotopic (exact) mass is 495 g/mol. The molecule has 5 nitrogen and oxygen atoms in total. The van der Waals surface area contributed by atoms with Crippen molar-refractivity contribution in [2.75, 3.05) is 25.9 Å². The van der Waals surface area contributed by atoms with Gasteiger partial charge in [0.1, 0.15) is 5.82 Å². The van der Waals surface area contributed by atoms with Crippen LogP contribution in [0.25, 0.3) is 11.0 Å². The molecule has 0 bridgehead atoms. The van der Waals surface area contributed by atoms with E-state index in [1.165, 1.54) is 10.4 Å². The van der Waals surface area contributed by atoms with Crippen LogP contribution in [-0.4, -0.2) is 41.4 Å². The number of para-hydroxylation sites is 2. The van der Waals surface area contributed by atoms with Gasteiger partial charge in [-0.2, -0.15) is 0 Å². The Hall–Kier alpha value is -1.74. The molecule has 144 valence electrons. The molecule has 0 unspecified atom stereocenters. The van der Waals surface area contributed by atoms with E-state index in [1.807, 2.05) is 30.8 Å². The van der Waals surface area contributed by atoms with Crippen molar-refractivity contribution in [2.45, 2.75) is 18.4 Å². The Bertz CT molecular complexity index is 863. The smallest absolute Gasteiger partial charge is 0.191 e. The minimum absolute atomic E-state index is 0. The molecular formula is C20H26IN5S. The molecule has 2 N–H and O–H groups in total. The van der Waals surface area contributed by atoms with Gasteiger partial charge in [-0.1, -0.05) is 30.3 Å². The third-order valence-electron chi connectivity index (χ3n) is 4.10. The third kappa shape index (κ3) is 6.14. The Labute approximate surface area is 182 Å². The highest BCUT2D eigenvalue weighted by molar-refractivity contribution is 14.0. The minimum atomic E-state index is 0. The standard InChI is InChI=1S/C20H25N5S.HI/c1-16-24-18-10-6-7-11-19(18)25(16)14-12-22-20(21-2)23-13-15-26-17-8-4-3-5-9-17;/h3-11H,12-15H2,1-2H3,(H2,21,22,23);1H. The summed E-state index contributed by atoms with van der Waals surface area (Å²) >= 11 is 1.84. The van der Waals surface area contributed by atoms with E-state index in [9.17, 15) is 0 Å². The third-order valence-corrected chi connectivity index (χ3v) is 5.12. The Morgan fingerprint density at radius 1 is 1.04 bits per heavy atom. The molecule has 0 amide bonds. The molecule has 0 aliphatic rings. The van der Waals surface area contributed by atoms with E-state index in [4.69, 9.17) is 0 Å². The number of guanidine groups is 1. The molecule has 0 aliphatic heterocycles. The number of nitrogens with zero attached hydrogens (tertiary/aromatic N) is 3. The average molecular weight is 495 g/mol. The van der Waals surface area contributed by atoms with Gasteiger partial charge in [0, 0.05) is 37.3 Å². The van der Waals surface area contributed by atoms with Crippen molar-refractivity contribution in [2.24, 2.45) is 4.99 Å². The zero-order chi connectivity index (χ0) is 18.2. The number of hydrogen-bond acceptors (Lipinski definition) is 3. The van der Waals surface area contributed by atoms with Gasteiger partial charge in [-0.05, 0) is 31.2 Å². The number of thioether (sulfide) groups is 1. The van der Waals surface area contributed by atoms with Gasteiger partial charge < -0.3 is 15.2 Å². The minimum Gasteiger partial charge on any atom is -0.356 e. The Morgan fingerprint density at radius 3 is 2.52 bits per heavy atom. The van der Waals surface area contributed by atoms with Crippen molar-refractivity contribution in [1.29, 1.82) is 0 Å². The molecule has 2 aromatic carbocycles. The number of halogens is 1. The number of hydrogen-bond donors (Lipinski definition) is 2. The highest BCUT2D eigenvalue weighted by atomic mass is 127. The van der Waals surface area contributed by atoms with Crippen LogP contribution in [0.2, 0.25) is 0 Å². The summed E-state index contributed by atoms with van der Waals surface area (Å²) in [7, 11) is 1.80. The first-order valence-electron chi connectivity index (χ1n) is 8.82. The summed E-state index contributed by atoms with van der Waals surface area (Å²) in [5.74, 6) is 2.87. The molecule has 0 spiro atoms. The van der Waals surface area contributed by atoms with Gasteiger partial charge in [-0.15, -0.1) is 35.7 Å². The normalized spacial score (nSPS) is 11.3. The lowest BCUT2D eigenvalue weighted by molar-refractivity contribution is 0.662. The van der Waals surface area contributed by atoms with Gasteiger partial charge >= 0.3 is 0 Å². The molecule has 0 atom stereocenters. The van der Waals surface area contributed by atoms with Crippen LogP contribution < -0.4 is 10.6 Å². The van der Waals surface area contributed by atoms with E-state index in [-0.39, 0.29) is 24.0 Å². The van der Waals surface area contributed by atoms with Crippen molar-refractivity contribution in [3.05, 3.63) is 60.4 Å². The van der Waals surface area contributed by atoms with Gasteiger partial charge in [-0.3, -0.25) is 4.99 Å². The first-order valence-corrected chi connectivity index (χ1v) is 9.81. The largest absolute Gasteiger partial charge is 0.356 e. The summed E-state index contributed by atoms with van der Waals surface area (Å²) < 4.78 is 2.24. The number of aryl methyl sites for hydroxylation is 1. The van der Waals surface area contributed by atoms with Crippen molar-refractivity contribution in [3.8, 4) is 0 Å². The first-order chi connectivity index (χ1) is 12.8. The summed E-state index contributed by atoms with van der Waals surface area (Å²) in [5.41, 5.74) is 2.22. The predicted molar refractivity (Wildman–Crippen MR) is 126 cm³/mol. The molecule has 1 aromatic heterocycles. The van der Waals surface area contributed by atoms with E-state index in [0.717, 1.165) is 42.7 Å². The predicted octanol–water partition coefficient (Wildman–Crippen LogP) is 3.92. The van der Waals surface area contributed by atoms with Crippen molar-refractivity contribution < 1.29 is 0 Å². The summed E-state index contributed by atoms with van der Waals surface area (Å²) in [4.78, 5) is 10.2. The van der Waals surface area contributed by atoms with Crippen LogP contribution in [-0.2, 0) is 6.54 Å². The fraction of sp³-hybridized carbons (Fsp3) is 0.300. The Morgan fingerprint density at radius 2 is 1.74 bits per heavy atom. The fourth-order valence-corrected chi connectivity index (χ4v) is 3.63.